The van der Waals surface area contributed by atoms with Gasteiger partial charge in [0.25, 0.3) is 5.91 Å². The van der Waals surface area contributed by atoms with E-state index < -0.39 is 23.7 Å². The molecular weight excluding hydrogens is 392 g/mol. The average Bonchev–Trinajstić information content (AvgIpc) is 2.98. The highest BCUT2D eigenvalue weighted by atomic mass is 16.5. The number of hydrogen-bond donors (Lipinski definition) is 0. The van der Waals surface area contributed by atoms with Crippen LogP contribution >= 0.6 is 0 Å². The second-order valence-electron chi connectivity index (χ2n) is 8.40. The van der Waals surface area contributed by atoms with E-state index in [0.717, 1.165) is 29.7 Å². The van der Waals surface area contributed by atoms with Crippen molar-refractivity contribution in [3.8, 4) is 5.75 Å². The normalized spacial score (nSPS) is 18.7. The van der Waals surface area contributed by atoms with Gasteiger partial charge in [0, 0.05) is 12.1 Å². The summed E-state index contributed by atoms with van der Waals surface area (Å²) in [7, 11) is 5.49. The van der Waals surface area contributed by atoms with Crippen molar-refractivity contribution in [1.82, 2.24) is 9.80 Å². The van der Waals surface area contributed by atoms with E-state index in [9.17, 15) is 14.4 Å². The molecule has 2 aromatic rings. The molecule has 0 spiro atoms. The summed E-state index contributed by atoms with van der Waals surface area (Å²) < 4.78 is 5.23. The van der Waals surface area contributed by atoms with E-state index in [1.54, 1.807) is 30.2 Å². The molecule has 0 aromatic heterocycles. The van der Waals surface area contributed by atoms with Gasteiger partial charge in [-0.15, -0.1) is 0 Å². The molecule has 1 fully saturated rings. The van der Waals surface area contributed by atoms with E-state index in [1.165, 1.54) is 0 Å². The quantitative estimate of drug-likeness (QED) is 0.371. The van der Waals surface area contributed by atoms with Crippen molar-refractivity contribution in [1.29, 1.82) is 0 Å². The van der Waals surface area contributed by atoms with E-state index in [1.807, 2.05) is 57.1 Å². The summed E-state index contributed by atoms with van der Waals surface area (Å²) in [6.45, 7) is 5.00. The molecule has 2 aromatic carbocycles. The zero-order chi connectivity index (χ0) is 22.7. The third-order valence-corrected chi connectivity index (χ3v) is 5.81. The van der Waals surface area contributed by atoms with Crippen molar-refractivity contribution >= 4 is 17.5 Å². The van der Waals surface area contributed by atoms with Gasteiger partial charge in [0.15, 0.2) is 5.78 Å². The summed E-state index contributed by atoms with van der Waals surface area (Å²) >= 11 is 0. The number of aryl methyl sites for hydroxylation is 2. The number of rotatable bonds is 8. The monoisotopic (exact) mass is 422 g/mol. The molecule has 6 heteroatoms. The van der Waals surface area contributed by atoms with E-state index in [0.29, 0.717) is 17.9 Å². The molecule has 3 rings (SSSR count). The van der Waals surface area contributed by atoms with Gasteiger partial charge in [0.1, 0.15) is 11.7 Å². The zero-order valence-electron chi connectivity index (χ0n) is 18.8. The lowest BCUT2D eigenvalue weighted by molar-refractivity contribution is -0.140. The van der Waals surface area contributed by atoms with Crippen LogP contribution in [-0.2, 0) is 9.59 Å². The van der Waals surface area contributed by atoms with Gasteiger partial charge in [0.05, 0.1) is 13.2 Å². The number of carbonyl (C=O) groups excluding carboxylic acids is 3. The molecule has 0 aliphatic carbocycles. The third kappa shape index (κ3) is 4.69. The fraction of sp³-hybridized carbons (Fsp3) is 0.400. The smallest absolute Gasteiger partial charge is 0.291 e. The standard InChI is InChI=1S/C25H30N2O4/c1-16-7-9-18(10-8-16)22-21(23(28)20-12-11-19(31-5)15-17(20)2)24(29)25(30)27(22)14-6-13-26(3)4/h7-12,15,21-22H,6,13-14H2,1-5H3. The van der Waals surface area contributed by atoms with Gasteiger partial charge in [-0.25, -0.2) is 0 Å². The highest BCUT2D eigenvalue weighted by molar-refractivity contribution is 6.44. The maximum absolute atomic E-state index is 13.6. The Bertz CT molecular complexity index is 982. The Morgan fingerprint density at radius 1 is 1.06 bits per heavy atom. The predicted molar refractivity (Wildman–Crippen MR) is 119 cm³/mol. The van der Waals surface area contributed by atoms with Crippen molar-refractivity contribution in [3.05, 3.63) is 64.7 Å². The van der Waals surface area contributed by atoms with Crippen molar-refractivity contribution in [2.45, 2.75) is 26.3 Å². The Morgan fingerprint density at radius 2 is 1.74 bits per heavy atom. The molecule has 1 aliphatic heterocycles. The maximum Gasteiger partial charge on any atom is 0.291 e. The first-order valence-corrected chi connectivity index (χ1v) is 10.5. The third-order valence-electron chi connectivity index (χ3n) is 5.81. The lowest BCUT2D eigenvalue weighted by Crippen LogP contribution is -2.33. The number of amides is 1. The summed E-state index contributed by atoms with van der Waals surface area (Å²) in [5, 5.41) is 0. The Kier molecular flexibility index (Phi) is 6.91. The topological polar surface area (TPSA) is 66.9 Å². The number of hydrogen-bond acceptors (Lipinski definition) is 5. The first-order chi connectivity index (χ1) is 14.7. The van der Waals surface area contributed by atoms with Gasteiger partial charge in [-0.3, -0.25) is 14.4 Å². The Balaban J connectivity index is 2.01. The summed E-state index contributed by atoms with van der Waals surface area (Å²) in [6.07, 6.45) is 0.719. The van der Waals surface area contributed by atoms with Crippen molar-refractivity contribution in [2.24, 2.45) is 5.92 Å². The number of methoxy groups -OCH3 is 1. The second kappa shape index (κ2) is 9.43. The van der Waals surface area contributed by atoms with Gasteiger partial charge in [0.2, 0.25) is 5.78 Å². The number of carbonyl (C=O) groups is 3. The fourth-order valence-electron chi connectivity index (χ4n) is 4.13. The van der Waals surface area contributed by atoms with E-state index >= 15 is 0 Å². The minimum atomic E-state index is -1.05. The van der Waals surface area contributed by atoms with Crippen molar-refractivity contribution < 1.29 is 19.1 Å². The highest BCUT2D eigenvalue weighted by Crippen LogP contribution is 2.39. The number of ether oxygens (including phenoxy) is 1. The van der Waals surface area contributed by atoms with Crippen molar-refractivity contribution in [2.75, 3.05) is 34.3 Å². The number of benzene rings is 2. The zero-order valence-corrected chi connectivity index (χ0v) is 18.8. The predicted octanol–water partition coefficient (Wildman–Crippen LogP) is 3.22. The number of Topliss-reactive ketones (excluding diaryl/α,β-unsaturated/α-hetero) is 2. The van der Waals surface area contributed by atoms with E-state index in [-0.39, 0.29) is 5.78 Å². The van der Waals surface area contributed by atoms with Crippen LogP contribution in [0.25, 0.3) is 0 Å². The van der Waals surface area contributed by atoms with Gasteiger partial charge in [-0.1, -0.05) is 29.8 Å². The molecule has 2 atom stereocenters. The molecule has 164 valence electrons. The molecule has 0 bridgehead atoms. The van der Waals surface area contributed by atoms with Crippen LogP contribution in [0.2, 0.25) is 0 Å². The molecule has 1 amide bonds. The van der Waals surface area contributed by atoms with Crippen LogP contribution in [-0.4, -0.2) is 61.6 Å². The van der Waals surface area contributed by atoms with Crippen LogP contribution in [0.3, 0.4) is 0 Å². The number of ketones is 2. The summed E-state index contributed by atoms with van der Waals surface area (Å²) in [4.78, 5) is 43.2. The maximum atomic E-state index is 13.6. The Morgan fingerprint density at radius 3 is 2.32 bits per heavy atom. The molecule has 0 saturated carbocycles. The molecule has 31 heavy (non-hydrogen) atoms. The largest absolute Gasteiger partial charge is 0.497 e. The molecule has 0 N–H and O–H groups in total. The second-order valence-corrected chi connectivity index (χ2v) is 8.40. The van der Waals surface area contributed by atoms with Crippen LogP contribution < -0.4 is 4.74 Å². The van der Waals surface area contributed by atoms with Crippen LogP contribution in [0.1, 0.15) is 39.5 Å². The van der Waals surface area contributed by atoms with E-state index in [4.69, 9.17) is 4.74 Å². The minimum absolute atomic E-state index is 0.320. The average molecular weight is 423 g/mol. The molecule has 1 heterocycles. The SMILES string of the molecule is COc1ccc(C(=O)C2C(=O)C(=O)N(CCCN(C)C)C2c2ccc(C)cc2)c(C)c1. The van der Waals surface area contributed by atoms with E-state index in [2.05, 4.69) is 0 Å². The lowest BCUT2D eigenvalue weighted by atomic mass is 9.85. The van der Waals surface area contributed by atoms with Gasteiger partial charge in [-0.2, -0.15) is 0 Å². The summed E-state index contributed by atoms with van der Waals surface area (Å²) in [5.74, 6) is -1.94. The molecule has 2 unspecified atom stereocenters. The first kappa shape index (κ1) is 22.7. The van der Waals surface area contributed by atoms with Crippen LogP contribution in [0.15, 0.2) is 42.5 Å². The van der Waals surface area contributed by atoms with Crippen LogP contribution in [0.4, 0.5) is 0 Å². The van der Waals surface area contributed by atoms with Crippen molar-refractivity contribution in [3.63, 3.8) is 0 Å². The fourth-order valence-corrected chi connectivity index (χ4v) is 4.13. The van der Waals surface area contributed by atoms with Gasteiger partial charge in [-0.05, 0) is 70.2 Å². The Hall–Kier alpha value is -2.99. The van der Waals surface area contributed by atoms with Crippen LogP contribution in [0.5, 0.6) is 5.75 Å². The minimum Gasteiger partial charge on any atom is -0.497 e. The molecular formula is C25H30N2O4. The summed E-state index contributed by atoms with van der Waals surface area (Å²) in [5.41, 5.74) is 3.05. The number of nitrogens with zero attached hydrogens (tertiary/aromatic N) is 2. The summed E-state index contributed by atoms with van der Waals surface area (Å²) in [6, 6.07) is 12.3. The molecule has 6 nitrogen and oxygen atoms in total. The molecule has 1 saturated heterocycles. The van der Waals surface area contributed by atoms with Gasteiger partial charge >= 0.3 is 0 Å². The molecule has 1 aliphatic rings. The Labute approximate surface area is 183 Å². The van der Waals surface area contributed by atoms with Gasteiger partial charge < -0.3 is 14.5 Å². The lowest BCUT2D eigenvalue weighted by Gasteiger charge is -2.28. The highest BCUT2D eigenvalue weighted by Gasteiger charge is 2.51. The number of likely N-dealkylation sites (tertiary alicyclic amines) is 1. The molecule has 0 radical (unpaired) electrons. The first-order valence-electron chi connectivity index (χ1n) is 10.5. The van der Waals surface area contributed by atoms with Crippen LogP contribution in [0, 0.1) is 19.8 Å².